The van der Waals surface area contributed by atoms with Crippen molar-refractivity contribution in [3.63, 3.8) is 0 Å². The van der Waals surface area contributed by atoms with E-state index in [4.69, 9.17) is 4.74 Å². The maximum Gasteiger partial charge on any atom is 0.416 e. The quantitative estimate of drug-likeness (QED) is 0.723. The van der Waals surface area contributed by atoms with Gasteiger partial charge in [0.15, 0.2) is 0 Å². The Bertz CT molecular complexity index is 538. The van der Waals surface area contributed by atoms with Crippen molar-refractivity contribution in [2.24, 2.45) is 5.92 Å². The molecule has 0 aliphatic heterocycles. The number of halogens is 3. The highest BCUT2D eigenvalue weighted by Crippen LogP contribution is 2.30. The number of ether oxygens (including phenoxy) is 1. The highest BCUT2D eigenvalue weighted by atomic mass is 32.2. The lowest BCUT2D eigenvalue weighted by Gasteiger charge is -2.15. The van der Waals surface area contributed by atoms with Gasteiger partial charge in [0.2, 0.25) is 0 Å². The van der Waals surface area contributed by atoms with Gasteiger partial charge in [-0.1, -0.05) is 6.92 Å². The Morgan fingerprint density at radius 2 is 1.71 bits per heavy atom. The van der Waals surface area contributed by atoms with Crippen LogP contribution in [0, 0.1) is 5.92 Å². The zero-order valence-corrected chi connectivity index (χ0v) is 12.5. The van der Waals surface area contributed by atoms with E-state index in [-0.39, 0.29) is 19.1 Å². The van der Waals surface area contributed by atoms with Crippen LogP contribution in [0.1, 0.15) is 18.9 Å². The molecule has 21 heavy (non-hydrogen) atoms. The number of hydrogen-bond acceptors (Lipinski definition) is 4. The molecule has 1 aromatic carbocycles. The van der Waals surface area contributed by atoms with Gasteiger partial charge in [0.25, 0.3) is 10.1 Å². The van der Waals surface area contributed by atoms with Gasteiger partial charge < -0.3 is 4.74 Å². The molecule has 4 nitrogen and oxygen atoms in total. The summed E-state index contributed by atoms with van der Waals surface area (Å²) >= 11 is 0. The minimum Gasteiger partial charge on any atom is -0.493 e. The molecule has 0 aliphatic carbocycles. The van der Waals surface area contributed by atoms with E-state index in [1.807, 2.05) is 6.92 Å². The molecule has 120 valence electrons. The van der Waals surface area contributed by atoms with Gasteiger partial charge in [-0.05, 0) is 30.7 Å². The van der Waals surface area contributed by atoms with Crippen LogP contribution in [-0.4, -0.2) is 27.9 Å². The monoisotopic (exact) mass is 326 g/mol. The molecule has 1 aromatic rings. The molecule has 0 saturated carbocycles. The fourth-order valence-electron chi connectivity index (χ4n) is 1.46. The van der Waals surface area contributed by atoms with Crippen LogP contribution >= 0.6 is 0 Å². The van der Waals surface area contributed by atoms with Crippen LogP contribution in [0.5, 0.6) is 5.75 Å². The lowest BCUT2D eigenvalue weighted by atomic mass is 10.1. The van der Waals surface area contributed by atoms with Crippen LogP contribution < -0.4 is 4.74 Å². The lowest BCUT2D eigenvalue weighted by molar-refractivity contribution is -0.137. The second kappa shape index (κ2) is 7.13. The molecule has 0 N–H and O–H groups in total. The van der Waals surface area contributed by atoms with Crippen molar-refractivity contribution in [2.75, 3.05) is 19.5 Å². The van der Waals surface area contributed by atoms with E-state index in [0.29, 0.717) is 12.2 Å². The van der Waals surface area contributed by atoms with Crippen molar-refractivity contribution in [1.82, 2.24) is 0 Å². The minimum absolute atomic E-state index is 0.0179. The average Bonchev–Trinajstić information content (AvgIpc) is 2.37. The molecule has 1 unspecified atom stereocenters. The van der Waals surface area contributed by atoms with Gasteiger partial charge >= 0.3 is 6.18 Å². The Kier molecular flexibility index (Phi) is 6.03. The van der Waals surface area contributed by atoms with Gasteiger partial charge in [-0.2, -0.15) is 21.6 Å². The summed E-state index contributed by atoms with van der Waals surface area (Å²) in [5, 5.41) is 0. The molecule has 0 saturated heterocycles. The fourth-order valence-corrected chi connectivity index (χ4v) is 1.90. The molecule has 0 bridgehead atoms. The van der Waals surface area contributed by atoms with Crippen molar-refractivity contribution in [2.45, 2.75) is 19.5 Å². The Morgan fingerprint density at radius 1 is 1.14 bits per heavy atom. The van der Waals surface area contributed by atoms with Crippen molar-refractivity contribution >= 4 is 10.1 Å². The van der Waals surface area contributed by atoms with Gasteiger partial charge in [0.1, 0.15) is 5.75 Å². The zero-order valence-electron chi connectivity index (χ0n) is 11.7. The first-order chi connectivity index (χ1) is 9.62. The van der Waals surface area contributed by atoms with Gasteiger partial charge in [-0.15, -0.1) is 0 Å². The molecular weight excluding hydrogens is 309 g/mol. The molecule has 0 aliphatic rings. The Hall–Kier alpha value is -1.28. The highest BCUT2D eigenvalue weighted by molar-refractivity contribution is 7.85. The molecule has 0 radical (unpaired) electrons. The molecule has 0 aromatic heterocycles. The summed E-state index contributed by atoms with van der Waals surface area (Å²) in [5.74, 6) is 0.128. The summed E-state index contributed by atoms with van der Waals surface area (Å²) in [6, 6.07) is 4.33. The Labute approximate surface area is 122 Å². The summed E-state index contributed by atoms with van der Waals surface area (Å²) in [6.07, 6.45) is -2.81. The maximum absolute atomic E-state index is 12.4. The van der Waals surface area contributed by atoms with E-state index in [9.17, 15) is 21.6 Å². The molecule has 0 spiro atoms. The van der Waals surface area contributed by atoms with Gasteiger partial charge in [0, 0.05) is 5.92 Å². The number of rotatable bonds is 7. The SMILES string of the molecule is CCC(COc1ccc(C(F)(F)F)cc1)COS(C)(=O)=O. The van der Waals surface area contributed by atoms with Gasteiger partial charge in [-0.3, -0.25) is 4.18 Å². The first kappa shape index (κ1) is 17.8. The third kappa shape index (κ3) is 6.81. The van der Waals surface area contributed by atoms with E-state index in [2.05, 4.69) is 4.18 Å². The van der Waals surface area contributed by atoms with E-state index >= 15 is 0 Å². The van der Waals surface area contributed by atoms with Crippen molar-refractivity contribution in [1.29, 1.82) is 0 Å². The van der Waals surface area contributed by atoms with E-state index in [0.717, 1.165) is 18.4 Å². The van der Waals surface area contributed by atoms with E-state index in [1.165, 1.54) is 12.1 Å². The average molecular weight is 326 g/mol. The molecule has 1 rings (SSSR count). The van der Waals surface area contributed by atoms with Crippen LogP contribution in [0.3, 0.4) is 0 Å². The van der Waals surface area contributed by atoms with Crippen LogP contribution in [0.2, 0.25) is 0 Å². The molecule has 8 heteroatoms. The zero-order chi connectivity index (χ0) is 16.1. The highest BCUT2D eigenvalue weighted by Gasteiger charge is 2.30. The molecule has 0 amide bonds. The molecule has 0 heterocycles. The van der Waals surface area contributed by atoms with Crippen molar-refractivity contribution in [3.8, 4) is 5.75 Å². The largest absolute Gasteiger partial charge is 0.493 e. The molecule has 0 fully saturated rings. The summed E-state index contributed by atoms with van der Waals surface area (Å²) < 4.78 is 69.0. The summed E-state index contributed by atoms with van der Waals surface area (Å²) in [7, 11) is -3.51. The Balaban J connectivity index is 2.53. The minimum atomic E-state index is -4.38. The third-order valence-corrected chi connectivity index (χ3v) is 3.33. The maximum atomic E-state index is 12.4. The molecule has 1 atom stereocenters. The Morgan fingerprint density at radius 3 is 2.14 bits per heavy atom. The lowest BCUT2D eigenvalue weighted by Crippen LogP contribution is -2.19. The van der Waals surface area contributed by atoms with Crippen molar-refractivity contribution in [3.05, 3.63) is 29.8 Å². The summed E-state index contributed by atoms with van der Waals surface area (Å²) in [6.45, 7) is 1.99. The van der Waals surface area contributed by atoms with Crippen LogP contribution in [0.15, 0.2) is 24.3 Å². The summed E-state index contributed by atoms with van der Waals surface area (Å²) in [5.41, 5.74) is -0.748. The third-order valence-electron chi connectivity index (χ3n) is 2.76. The topological polar surface area (TPSA) is 52.6 Å². The van der Waals surface area contributed by atoms with Crippen LogP contribution in [-0.2, 0) is 20.5 Å². The van der Waals surface area contributed by atoms with Crippen molar-refractivity contribution < 1.29 is 30.5 Å². The van der Waals surface area contributed by atoms with Crippen LogP contribution in [0.25, 0.3) is 0 Å². The fraction of sp³-hybridized carbons (Fsp3) is 0.538. The standard InChI is InChI=1S/C13H17F3O4S/c1-3-10(9-20-21(2,17)18)8-19-12-6-4-11(5-7-12)13(14,15)16/h4-7,10H,3,8-9H2,1-2H3. The molecular formula is C13H17F3O4S. The van der Waals surface area contributed by atoms with Gasteiger partial charge in [-0.25, -0.2) is 0 Å². The van der Waals surface area contributed by atoms with E-state index in [1.54, 1.807) is 0 Å². The summed E-state index contributed by atoms with van der Waals surface area (Å²) in [4.78, 5) is 0. The predicted molar refractivity (Wildman–Crippen MR) is 71.5 cm³/mol. The van der Waals surface area contributed by atoms with E-state index < -0.39 is 21.9 Å². The number of alkyl halides is 3. The van der Waals surface area contributed by atoms with Crippen LogP contribution in [0.4, 0.5) is 13.2 Å². The normalized spacial score (nSPS) is 14.0. The second-order valence-electron chi connectivity index (χ2n) is 4.60. The smallest absolute Gasteiger partial charge is 0.416 e. The number of hydrogen-bond donors (Lipinski definition) is 0. The first-order valence-electron chi connectivity index (χ1n) is 6.26. The second-order valence-corrected chi connectivity index (χ2v) is 6.24. The number of benzene rings is 1. The predicted octanol–water partition coefficient (Wildman–Crippen LogP) is 3.09. The first-order valence-corrected chi connectivity index (χ1v) is 8.08. The van der Waals surface area contributed by atoms with Gasteiger partial charge in [0.05, 0.1) is 25.0 Å².